The molecule has 2 heterocycles. The van der Waals surface area contributed by atoms with Crippen LogP contribution in [0.25, 0.3) is 0 Å². The van der Waals surface area contributed by atoms with Crippen LogP contribution in [0, 0.1) is 0 Å². The van der Waals surface area contributed by atoms with Gasteiger partial charge in [0.25, 0.3) is 5.91 Å². The molecule has 3 N–H and O–H groups in total. The van der Waals surface area contributed by atoms with Crippen molar-refractivity contribution in [1.29, 1.82) is 0 Å². The second-order valence-corrected chi connectivity index (χ2v) is 7.63. The Balaban J connectivity index is 1.70. The van der Waals surface area contributed by atoms with Crippen molar-refractivity contribution in [3.05, 3.63) is 46.6 Å². The zero-order chi connectivity index (χ0) is 22.8. The van der Waals surface area contributed by atoms with Crippen LogP contribution in [-0.4, -0.2) is 39.5 Å². The van der Waals surface area contributed by atoms with Crippen LogP contribution in [-0.2, 0) is 10.2 Å². The number of halogens is 4. The van der Waals surface area contributed by atoms with Crippen LogP contribution in [0.5, 0.6) is 5.88 Å². The lowest BCUT2D eigenvalue weighted by atomic mass is 9.67. The number of alkyl halides is 3. The Hall–Kier alpha value is -2.95. The first-order valence-corrected chi connectivity index (χ1v) is 9.69. The minimum absolute atomic E-state index is 0.0496. The van der Waals surface area contributed by atoms with E-state index in [1.165, 1.54) is 24.5 Å². The van der Waals surface area contributed by atoms with Crippen LogP contribution in [0.1, 0.15) is 54.1 Å². The Bertz CT molecular complexity index is 998. The summed E-state index contributed by atoms with van der Waals surface area (Å²) in [6.07, 6.45) is -0.0158. The third-order valence-electron chi connectivity index (χ3n) is 5.04. The lowest BCUT2D eigenvalue weighted by Gasteiger charge is -2.37. The maximum atomic E-state index is 12.6. The Morgan fingerprint density at radius 1 is 1.35 bits per heavy atom. The lowest BCUT2D eigenvalue weighted by Crippen LogP contribution is -2.48. The zero-order valence-corrected chi connectivity index (χ0v) is 17.1. The van der Waals surface area contributed by atoms with Crippen LogP contribution in [0.2, 0.25) is 5.02 Å². The number of nitrogens with two attached hydrogens (primary N) is 1. The van der Waals surface area contributed by atoms with E-state index in [1.807, 2.05) is 0 Å². The average molecular weight is 458 g/mol. The fourth-order valence-electron chi connectivity index (χ4n) is 3.11. The van der Waals surface area contributed by atoms with Crippen molar-refractivity contribution in [2.45, 2.75) is 43.8 Å². The Morgan fingerprint density at radius 3 is 2.61 bits per heavy atom. The third-order valence-corrected chi connectivity index (χ3v) is 5.31. The highest BCUT2D eigenvalue weighted by Crippen LogP contribution is 2.41. The molecule has 2 amide bonds. The van der Waals surface area contributed by atoms with Crippen molar-refractivity contribution >= 4 is 23.4 Å². The molecule has 0 spiro atoms. The van der Waals surface area contributed by atoms with Gasteiger partial charge in [-0.3, -0.25) is 9.59 Å². The van der Waals surface area contributed by atoms with Gasteiger partial charge in [-0.25, -0.2) is 15.0 Å². The summed E-state index contributed by atoms with van der Waals surface area (Å²) in [5.41, 5.74) is 5.05. The largest absolute Gasteiger partial charge is 0.467 e. The van der Waals surface area contributed by atoms with Crippen molar-refractivity contribution < 1.29 is 27.5 Å². The van der Waals surface area contributed by atoms with Gasteiger partial charge in [0.2, 0.25) is 11.8 Å². The monoisotopic (exact) mass is 457 g/mol. The Kier molecular flexibility index (Phi) is 6.35. The molecule has 1 aliphatic rings. The van der Waals surface area contributed by atoms with E-state index in [1.54, 1.807) is 6.92 Å². The van der Waals surface area contributed by atoms with Crippen LogP contribution in [0.15, 0.2) is 24.5 Å². The topological polar surface area (TPSA) is 120 Å². The number of hydrogen-bond acceptors (Lipinski definition) is 6. The molecular formula is C19H19ClF3N5O3. The summed E-state index contributed by atoms with van der Waals surface area (Å²) < 4.78 is 41.4. The van der Waals surface area contributed by atoms with Crippen LogP contribution in [0.4, 0.5) is 13.2 Å². The molecule has 3 rings (SSSR count). The number of primary amides is 1. The molecule has 166 valence electrons. The SMILES string of the molecule is CC(NC(=O)c1ccnc(C2(C(N)=O)CCC2)n1)c1cnc(OCC(F)(F)F)c(Cl)c1. The van der Waals surface area contributed by atoms with Gasteiger partial charge in [-0.1, -0.05) is 18.0 Å². The lowest BCUT2D eigenvalue weighted by molar-refractivity contribution is -0.154. The predicted molar refractivity (Wildman–Crippen MR) is 103 cm³/mol. The second-order valence-electron chi connectivity index (χ2n) is 7.22. The maximum absolute atomic E-state index is 12.6. The summed E-state index contributed by atoms with van der Waals surface area (Å²) >= 11 is 5.95. The van der Waals surface area contributed by atoms with Gasteiger partial charge in [-0.2, -0.15) is 13.2 Å². The van der Waals surface area contributed by atoms with Gasteiger partial charge in [0.15, 0.2) is 6.61 Å². The van der Waals surface area contributed by atoms with E-state index in [4.69, 9.17) is 17.3 Å². The fourth-order valence-corrected chi connectivity index (χ4v) is 3.34. The van der Waals surface area contributed by atoms with Gasteiger partial charge in [-0.05, 0) is 37.5 Å². The molecule has 2 aromatic rings. The van der Waals surface area contributed by atoms with Crippen LogP contribution < -0.4 is 15.8 Å². The maximum Gasteiger partial charge on any atom is 0.422 e. The van der Waals surface area contributed by atoms with E-state index < -0.39 is 36.1 Å². The van der Waals surface area contributed by atoms with Crippen LogP contribution >= 0.6 is 11.6 Å². The van der Waals surface area contributed by atoms with Crippen molar-refractivity contribution in [3.63, 3.8) is 0 Å². The van der Waals surface area contributed by atoms with Gasteiger partial charge in [-0.15, -0.1) is 0 Å². The van der Waals surface area contributed by atoms with E-state index in [-0.39, 0.29) is 22.4 Å². The molecule has 31 heavy (non-hydrogen) atoms. The number of nitrogens with one attached hydrogen (secondary N) is 1. The molecule has 1 atom stereocenters. The van der Waals surface area contributed by atoms with Crippen molar-refractivity contribution in [1.82, 2.24) is 20.3 Å². The first-order chi connectivity index (χ1) is 14.5. The highest BCUT2D eigenvalue weighted by molar-refractivity contribution is 6.31. The molecule has 0 aromatic carbocycles. The standard InChI is InChI=1S/C19H19ClF3N5O3/c1-10(11-7-12(20)15(26-8-11)31-9-19(21,22)23)27-14(29)13-3-6-25-17(28-13)18(16(24)30)4-2-5-18/h3,6-8,10H,2,4-5,9H2,1H3,(H2,24,30)(H,27,29). The van der Waals surface area contributed by atoms with E-state index in [9.17, 15) is 22.8 Å². The summed E-state index contributed by atoms with van der Waals surface area (Å²) in [6.45, 7) is 0.120. The quantitative estimate of drug-likeness (QED) is 0.659. The van der Waals surface area contributed by atoms with Gasteiger partial charge in [0.05, 0.1) is 6.04 Å². The first-order valence-electron chi connectivity index (χ1n) is 9.31. The predicted octanol–water partition coefficient (Wildman–Crippen LogP) is 2.86. The van der Waals surface area contributed by atoms with Gasteiger partial charge in [0, 0.05) is 12.4 Å². The molecular weight excluding hydrogens is 439 g/mol. The molecule has 12 heteroatoms. The van der Waals surface area contributed by atoms with E-state index in [0.717, 1.165) is 6.42 Å². The van der Waals surface area contributed by atoms with Gasteiger partial charge < -0.3 is 15.8 Å². The van der Waals surface area contributed by atoms with Crippen molar-refractivity contribution in [3.8, 4) is 5.88 Å². The number of hydrogen-bond donors (Lipinski definition) is 2. The first kappa shape index (κ1) is 22.7. The minimum Gasteiger partial charge on any atom is -0.467 e. The third kappa shape index (κ3) is 5.04. The zero-order valence-electron chi connectivity index (χ0n) is 16.4. The molecule has 0 bridgehead atoms. The Labute approximate surface area is 180 Å². The number of ether oxygens (including phenoxy) is 1. The number of amides is 2. The van der Waals surface area contributed by atoms with Crippen molar-refractivity contribution in [2.75, 3.05) is 6.61 Å². The minimum atomic E-state index is -4.52. The summed E-state index contributed by atoms with van der Waals surface area (Å²) in [5.74, 6) is -1.22. The van der Waals surface area contributed by atoms with Crippen molar-refractivity contribution in [2.24, 2.45) is 5.73 Å². The number of nitrogens with zero attached hydrogens (tertiary/aromatic N) is 3. The van der Waals surface area contributed by atoms with E-state index in [0.29, 0.717) is 18.4 Å². The number of carbonyl (C=O) groups is 2. The molecule has 0 radical (unpaired) electrons. The molecule has 0 aliphatic heterocycles. The molecule has 2 aromatic heterocycles. The number of pyridine rings is 1. The van der Waals surface area contributed by atoms with E-state index >= 15 is 0 Å². The number of rotatable bonds is 7. The van der Waals surface area contributed by atoms with E-state index in [2.05, 4.69) is 25.0 Å². The summed E-state index contributed by atoms with van der Waals surface area (Å²) in [6, 6.07) is 2.16. The molecule has 1 saturated carbocycles. The molecule has 1 unspecified atom stereocenters. The number of carbonyl (C=O) groups excluding carboxylic acids is 2. The highest BCUT2D eigenvalue weighted by atomic mass is 35.5. The average Bonchev–Trinajstić information content (AvgIpc) is 2.65. The normalized spacial score (nSPS) is 16.2. The van der Waals surface area contributed by atoms with Gasteiger partial charge in [0.1, 0.15) is 22.0 Å². The Morgan fingerprint density at radius 2 is 2.06 bits per heavy atom. The molecule has 0 saturated heterocycles. The summed E-state index contributed by atoms with van der Waals surface area (Å²) in [7, 11) is 0. The summed E-state index contributed by atoms with van der Waals surface area (Å²) in [4.78, 5) is 36.6. The van der Waals surface area contributed by atoms with Crippen LogP contribution in [0.3, 0.4) is 0 Å². The molecule has 1 aliphatic carbocycles. The molecule has 1 fully saturated rings. The fraction of sp³-hybridized carbons (Fsp3) is 0.421. The van der Waals surface area contributed by atoms with Gasteiger partial charge >= 0.3 is 6.18 Å². The highest BCUT2D eigenvalue weighted by Gasteiger charge is 2.47. The summed E-state index contributed by atoms with van der Waals surface area (Å²) in [5, 5.41) is 2.57. The number of aromatic nitrogens is 3. The smallest absolute Gasteiger partial charge is 0.422 e. The second kappa shape index (κ2) is 8.66. The molecule has 8 nitrogen and oxygen atoms in total.